The Hall–Kier alpha value is -2.17. The summed E-state index contributed by atoms with van der Waals surface area (Å²) in [6.45, 7) is 4.08. The summed E-state index contributed by atoms with van der Waals surface area (Å²) >= 11 is 0. The fraction of sp³-hybridized carbons (Fsp3) is 0.286. The molecule has 0 aliphatic rings. The van der Waals surface area contributed by atoms with Gasteiger partial charge in [0.05, 0.1) is 0 Å². The lowest BCUT2D eigenvalue weighted by molar-refractivity contribution is 0.0948. The summed E-state index contributed by atoms with van der Waals surface area (Å²) < 4.78 is 13.4. The number of hydrogen-bond acceptors (Lipinski definition) is 2. The SMILES string of the molecule is Cc1[nH]nc(C(=O)NCCc2ccccc2F)c1C. The van der Waals surface area contributed by atoms with Crippen molar-refractivity contribution in [1.29, 1.82) is 0 Å². The maximum absolute atomic E-state index is 13.4. The van der Waals surface area contributed by atoms with Gasteiger partial charge in [-0.25, -0.2) is 4.39 Å². The molecule has 0 saturated heterocycles. The summed E-state index contributed by atoms with van der Waals surface area (Å²) in [5, 5.41) is 9.45. The zero-order chi connectivity index (χ0) is 13.8. The molecule has 4 nitrogen and oxygen atoms in total. The predicted molar refractivity (Wildman–Crippen MR) is 70.5 cm³/mol. The number of amides is 1. The highest BCUT2D eigenvalue weighted by Gasteiger charge is 2.13. The molecule has 1 aromatic heterocycles. The highest BCUT2D eigenvalue weighted by Crippen LogP contribution is 2.09. The molecule has 100 valence electrons. The molecule has 1 aromatic carbocycles. The van der Waals surface area contributed by atoms with E-state index in [9.17, 15) is 9.18 Å². The number of nitrogens with one attached hydrogen (secondary N) is 2. The Bertz CT molecular complexity index is 592. The largest absolute Gasteiger partial charge is 0.350 e. The number of carbonyl (C=O) groups is 1. The van der Waals surface area contributed by atoms with Crippen LogP contribution in [0.5, 0.6) is 0 Å². The number of H-pyrrole nitrogens is 1. The van der Waals surface area contributed by atoms with E-state index < -0.39 is 0 Å². The molecule has 0 saturated carbocycles. The van der Waals surface area contributed by atoms with Crippen molar-refractivity contribution >= 4 is 5.91 Å². The minimum atomic E-state index is -0.247. The Kier molecular flexibility index (Phi) is 3.94. The van der Waals surface area contributed by atoms with E-state index in [1.54, 1.807) is 18.2 Å². The molecule has 0 aliphatic heterocycles. The second-order valence-corrected chi connectivity index (χ2v) is 4.42. The van der Waals surface area contributed by atoms with E-state index in [4.69, 9.17) is 0 Å². The van der Waals surface area contributed by atoms with E-state index in [2.05, 4.69) is 15.5 Å². The molecule has 0 bridgehead atoms. The minimum absolute atomic E-state index is 0.238. The van der Waals surface area contributed by atoms with Gasteiger partial charge in [-0.2, -0.15) is 5.10 Å². The number of aromatic nitrogens is 2. The average Bonchev–Trinajstić information content (AvgIpc) is 2.72. The summed E-state index contributed by atoms with van der Waals surface area (Å²) in [6, 6.07) is 6.55. The Labute approximate surface area is 111 Å². The first-order valence-electron chi connectivity index (χ1n) is 6.12. The number of aromatic amines is 1. The summed E-state index contributed by atoms with van der Waals surface area (Å²) in [4.78, 5) is 11.9. The molecule has 0 atom stereocenters. The third-order valence-corrected chi connectivity index (χ3v) is 3.11. The fourth-order valence-corrected chi connectivity index (χ4v) is 1.80. The van der Waals surface area contributed by atoms with Crippen LogP contribution in [0.4, 0.5) is 4.39 Å². The topological polar surface area (TPSA) is 57.8 Å². The molecule has 2 aromatic rings. The zero-order valence-electron chi connectivity index (χ0n) is 11.0. The van der Waals surface area contributed by atoms with Gasteiger partial charge >= 0.3 is 0 Å². The smallest absolute Gasteiger partial charge is 0.272 e. The number of benzene rings is 1. The molecule has 1 amide bonds. The summed E-state index contributed by atoms with van der Waals surface area (Å²) in [7, 11) is 0. The van der Waals surface area contributed by atoms with E-state index in [1.165, 1.54) is 6.07 Å². The lowest BCUT2D eigenvalue weighted by atomic mass is 10.1. The van der Waals surface area contributed by atoms with E-state index in [0.29, 0.717) is 24.2 Å². The van der Waals surface area contributed by atoms with E-state index >= 15 is 0 Å². The molecular formula is C14H16FN3O. The van der Waals surface area contributed by atoms with Gasteiger partial charge in [-0.05, 0) is 31.9 Å². The van der Waals surface area contributed by atoms with Crippen molar-refractivity contribution in [2.45, 2.75) is 20.3 Å². The van der Waals surface area contributed by atoms with Gasteiger partial charge in [0.1, 0.15) is 5.82 Å². The number of hydrogen-bond donors (Lipinski definition) is 2. The Morgan fingerprint density at radius 3 is 2.74 bits per heavy atom. The molecule has 0 fully saturated rings. The average molecular weight is 261 g/mol. The summed E-state index contributed by atoms with van der Waals surface area (Å²) in [5.41, 5.74) is 2.70. The first-order valence-corrected chi connectivity index (χ1v) is 6.12. The van der Waals surface area contributed by atoms with Gasteiger partial charge in [-0.3, -0.25) is 9.89 Å². The number of nitrogens with zero attached hydrogens (tertiary/aromatic N) is 1. The lowest BCUT2D eigenvalue weighted by Gasteiger charge is -2.05. The highest BCUT2D eigenvalue weighted by molar-refractivity contribution is 5.93. The maximum atomic E-state index is 13.4. The van der Waals surface area contributed by atoms with Crippen LogP contribution < -0.4 is 5.32 Å². The van der Waals surface area contributed by atoms with Crippen molar-refractivity contribution in [3.05, 3.63) is 52.6 Å². The normalized spacial score (nSPS) is 10.5. The number of halogens is 1. The van der Waals surface area contributed by atoms with Gasteiger partial charge in [-0.15, -0.1) is 0 Å². The second kappa shape index (κ2) is 5.65. The monoisotopic (exact) mass is 261 g/mol. The lowest BCUT2D eigenvalue weighted by Crippen LogP contribution is -2.26. The number of rotatable bonds is 4. The van der Waals surface area contributed by atoms with Crippen LogP contribution in [0.2, 0.25) is 0 Å². The van der Waals surface area contributed by atoms with Gasteiger partial charge < -0.3 is 5.32 Å². The Morgan fingerprint density at radius 1 is 1.37 bits per heavy atom. The van der Waals surface area contributed by atoms with Gasteiger partial charge in [0.25, 0.3) is 5.91 Å². The van der Waals surface area contributed by atoms with Gasteiger partial charge in [-0.1, -0.05) is 18.2 Å². The Balaban J connectivity index is 1.91. The van der Waals surface area contributed by atoms with Crippen molar-refractivity contribution < 1.29 is 9.18 Å². The van der Waals surface area contributed by atoms with Crippen molar-refractivity contribution in [2.75, 3.05) is 6.54 Å². The van der Waals surface area contributed by atoms with Crippen molar-refractivity contribution in [3.63, 3.8) is 0 Å². The summed E-state index contributed by atoms with van der Waals surface area (Å²) in [5.74, 6) is -0.485. The molecule has 5 heteroatoms. The second-order valence-electron chi connectivity index (χ2n) is 4.42. The third kappa shape index (κ3) is 2.99. The molecule has 0 radical (unpaired) electrons. The molecule has 2 N–H and O–H groups in total. The van der Waals surface area contributed by atoms with Crippen LogP contribution in [-0.2, 0) is 6.42 Å². The van der Waals surface area contributed by atoms with Crippen molar-refractivity contribution in [2.24, 2.45) is 0 Å². The van der Waals surface area contributed by atoms with E-state index in [-0.39, 0.29) is 11.7 Å². The minimum Gasteiger partial charge on any atom is -0.350 e. The number of aryl methyl sites for hydroxylation is 1. The molecule has 1 heterocycles. The molecule has 0 unspecified atom stereocenters. The van der Waals surface area contributed by atoms with Crippen LogP contribution in [-0.4, -0.2) is 22.6 Å². The molecule has 2 rings (SSSR count). The molecule has 19 heavy (non-hydrogen) atoms. The fourth-order valence-electron chi connectivity index (χ4n) is 1.80. The molecule has 0 aliphatic carbocycles. The highest BCUT2D eigenvalue weighted by atomic mass is 19.1. The van der Waals surface area contributed by atoms with E-state index in [1.807, 2.05) is 13.8 Å². The van der Waals surface area contributed by atoms with Crippen LogP contribution in [0.25, 0.3) is 0 Å². The van der Waals surface area contributed by atoms with Crippen LogP contribution >= 0.6 is 0 Å². The first-order chi connectivity index (χ1) is 9.09. The standard InChI is InChI=1S/C14H16FN3O/c1-9-10(2)17-18-13(9)14(19)16-8-7-11-5-3-4-6-12(11)15/h3-6H,7-8H2,1-2H3,(H,16,19)(H,17,18). The van der Waals surface area contributed by atoms with Crippen LogP contribution in [0.3, 0.4) is 0 Å². The van der Waals surface area contributed by atoms with Gasteiger partial charge in [0.2, 0.25) is 0 Å². The van der Waals surface area contributed by atoms with Crippen LogP contribution in [0.15, 0.2) is 24.3 Å². The van der Waals surface area contributed by atoms with Gasteiger partial charge in [0, 0.05) is 17.8 Å². The predicted octanol–water partition coefficient (Wildman–Crippen LogP) is 2.14. The van der Waals surface area contributed by atoms with Crippen molar-refractivity contribution in [1.82, 2.24) is 15.5 Å². The molecule has 0 spiro atoms. The van der Waals surface area contributed by atoms with Gasteiger partial charge in [0.15, 0.2) is 5.69 Å². The van der Waals surface area contributed by atoms with Crippen LogP contribution in [0, 0.1) is 19.7 Å². The van der Waals surface area contributed by atoms with E-state index in [0.717, 1.165) is 11.3 Å². The Morgan fingerprint density at radius 2 is 2.11 bits per heavy atom. The maximum Gasteiger partial charge on any atom is 0.272 e. The molecular weight excluding hydrogens is 245 g/mol. The van der Waals surface area contributed by atoms with Crippen LogP contribution in [0.1, 0.15) is 27.3 Å². The third-order valence-electron chi connectivity index (χ3n) is 3.11. The van der Waals surface area contributed by atoms with Crippen molar-refractivity contribution in [3.8, 4) is 0 Å². The zero-order valence-corrected chi connectivity index (χ0v) is 11.0. The quantitative estimate of drug-likeness (QED) is 0.886. The first kappa shape index (κ1) is 13.3. The number of carbonyl (C=O) groups excluding carboxylic acids is 1. The summed E-state index contributed by atoms with van der Waals surface area (Å²) in [6.07, 6.45) is 0.459.